The van der Waals surface area contributed by atoms with Crippen LogP contribution in [0.2, 0.25) is 0 Å². The number of benzene rings is 2. The first-order chi connectivity index (χ1) is 13.0. The third-order valence-electron chi connectivity index (χ3n) is 4.73. The van der Waals surface area contributed by atoms with Crippen LogP contribution in [-0.4, -0.2) is 39.6 Å². The number of hydrogen-bond acceptors (Lipinski definition) is 5. The molecule has 3 rings (SSSR count). The Morgan fingerprint density at radius 3 is 2.44 bits per heavy atom. The van der Waals surface area contributed by atoms with E-state index in [2.05, 4.69) is 9.62 Å². The van der Waals surface area contributed by atoms with E-state index >= 15 is 0 Å². The van der Waals surface area contributed by atoms with Crippen LogP contribution in [0.1, 0.15) is 24.8 Å². The summed E-state index contributed by atoms with van der Waals surface area (Å²) in [7, 11) is -3.60. The Morgan fingerprint density at radius 1 is 1.00 bits per heavy atom. The molecule has 2 aromatic carbocycles. The van der Waals surface area contributed by atoms with Gasteiger partial charge in [0.25, 0.3) is 0 Å². The maximum Gasteiger partial charge on any atom is 0.240 e. The highest BCUT2D eigenvalue weighted by Gasteiger charge is 2.15. The highest BCUT2D eigenvalue weighted by Crippen LogP contribution is 2.19. The number of hydrogen-bond donors (Lipinski definition) is 2. The topological polar surface area (TPSA) is 84.7 Å². The summed E-state index contributed by atoms with van der Waals surface area (Å²) in [6, 6.07) is 13.7. The molecule has 1 fully saturated rings. The lowest BCUT2D eigenvalue weighted by Gasteiger charge is -2.26. The summed E-state index contributed by atoms with van der Waals surface area (Å²) in [4.78, 5) is 2.61. The van der Waals surface area contributed by atoms with E-state index in [1.807, 2.05) is 24.3 Å². The molecule has 3 N–H and O–H groups in total. The van der Waals surface area contributed by atoms with Gasteiger partial charge in [-0.25, -0.2) is 13.1 Å². The van der Waals surface area contributed by atoms with Crippen LogP contribution in [0.4, 0.5) is 5.69 Å². The predicted molar refractivity (Wildman–Crippen MR) is 107 cm³/mol. The summed E-state index contributed by atoms with van der Waals surface area (Å²) in [5.41, 5.74) is 6.96. The average molecular weight is 390 g/mol. The van der Waals surface area contributed by atoms with Crippen molar-refractivity contribution in [2.24, 2.45) is 0 Å². The number of nitrogens with one attached hydrogen (secondary N) is 1. The van der Waals surface area contributed by atoms with E-state index in [1.165, 1.54) is 31.4 Å². The Balaban J connectivity index is 1.57. The summed E-state index contributed by atoms with van der Waals surface area (Å²) in [5.74, 6) is 0.717. The molecular formula is C20H27N3O3S. The lowest BCUT2D eigenvalue weighted by atomic mass is 10.1. The minimum absolute atomic E-state index is 0.173. The van der Waals surface area contributed by atoms with Crippen molar-refractivity contribution in [2.75, 3.05) is 32.0 Å². The second kappa shape index (κ2) is 9.21. The zero-order valence-corrected chi connectivity index (χ0v) is 16.2. The lowest BCUT2D eigenvalue weighted by molar-refractivity contribution is 0.182. The summed E-state index contributed by atoms with van der Waals surface area (Å²) in [5, 5.41) is 0. The number of para-hydroxylation sites is 1. The maximum atomic E-state index is 12.4. The Hall–Kier alpha value is -2.09. The van der Waals surface area contributed by atoms with Gasteiger partial charge in [0, 0.05) is 24.3 Å². The molecule has 0 saturated carbocycles. The third kappa shape index (κ3) is 5.69. The quantitative estimate of drug-likeness (QED) is 0.678. The molecule has 1 saturated heterocycles. The molecule has 0 aliphatic carbocycles. The van der Waals surface area contributed by atoms with Crippen molar-refractivity contribution in [1.29, 1.82) is 0 Å². The first-order valence-corrected chi connectivity index (χ1v) is 10.8. The predicted octanol–water partition coefficient (Wildman–Crippen LogP) is 2.61. The molecule has 1 aliphatic rings. The van der Waals surface area contributed by atoms with Crippen LogP contribution in [-0.2, 0) is 16.6 Å². The van der Waals surface area contributed by atoms with Gasteiger partial charge in [0.2, 0.25) is 10.0 Å². The van der Waals surface area contributed by atoms with E-state index in [4.69, 9.17) is 10.5 Å². The molecule has 0 unspecified atom stereocenters. The van der Waals surface area contributed by atoms with Crippen LogP contribution in [0.5, 0.6) is 5.75 Å². The van der Waals surface area contributed by atoms with Gasteiger partial charge < -0.3 is 10.5 Å². The second-order valence-corrected chi connectivity index (χ2v) is 8.52. The monoisotopic (exact) mass is 389 g/mol. The van der Waals surface area contributed by atoms with Gasteiger partial charge in [-0.2, -0.15) is 0 Å². The fourth-order valence-electron chi connectivity index (χ4n) is 3.16. The Kier molecular flexibility index (Phi) is 6.71. The highest BCUT2D eigenvalue weighted by atomic mass is 32.2. The molecule has 1 heterocycles. The number of sulfonamides is 1. The minimum atomic E-state index is -3.60. The standard InChI is InChI=1S/C20H27N3O3S/c21-18-8-10-19(11-9-18)27(24,25)22-16-17-6-2-3-7-20(17)26-15-14-23-12-4-1-5-13-23/h2-3,6-11,22H,1,4-5,12-16,21H2. The minimum Gasteiger partial charge on any atom is -0.492 e. The van der Waals surface area contributed by atoms with E-state index in [0.717, 1.165) is 30.9 Å². The fourth-order valence-corrected chi connectivity index (χ4v) is 4.17. The number of anilines is 1. The molecule has 7 heteroatoms. The summed E-state index contributed by atoms with van der Waals surface area (Å²) in [6.07, 6.45) is 3.82. The van der Waals surface area contributed by atoms with Gasteiger partial charge in [-0.05, 0) is 56.3 Å². The van der Waals surface area contributed by atoms with Crippen molar-refractivity contribution in [1.82, 2.24) is 9.62 Å². The largest absolute Gasteiger partial charge is 0.492 e. The molecule has 0 radical (unpaired) electrons. The fraction of sp³-hybridized carbons (Fsp3) is 0.400. The average Bonchev–Trinajstić information content (AvgIpc) is 2.68. The molecule has 0 spiro atoms. The van der Waals surface area contributed by atoms with Crippen molar-refractivity contribution in [3.05, 3.63) is 54.1 Å². The Labute approximate surface area is 161 Å². The molecule has 0 aromatic heterocycles. The van der Waals surface area contributed by atoms with E-state index in [0.29, 0.717) is 12.3 Å². The van der Waals surface area contributed by atoms with Gasteiger partial charge in [0.1, 0.15) is 12.4 Å². The van der Waals surface area contributed by atoms with Crippen molar-refractivity contribution in [3.8, 4) is 5.75 Å². The van der Waals surface area contributed by atoms with Gasteiger partial charge in [0.15, 0.2) is 0 Å². The second-order valence-electron chi connectivity index (χ2n) is 6.75. The summed E-state index contributed by atoms with van der Waals surface area (Å²) in [6.45, 7) is 3.93. The van der Waals surface area contributed by atoms with Crippen molar-refractivity contribution in [2.45, 2.75) is 30.7 Å². The number of piperidine rings is 1. The Morgan fingerprint density at radius 2 is 1.70 bits per heavy atom. The van der Waals surface area contributed by atoms with Crippen LogP contribution in [0, 0.1) is 0 Å². The Bertz CT molecular complexity index is 832. The third-order valence-corrected chi connectivity index (χ3v) is 6.15. The first-order valence-electron chi connectivity index (χ1n) is 9.33. The molecule has 146 valence electrons. The first kappa shape index (κ1) is 19.7. The maximum absolute atomic E-state index is 12.4. The van der Waals surface area contributed by atoms with Crippen LogP contribution >= 0.6 is 0 Å². The van der Waals surface area contributed by atoms with Crippen LogP contribution in [0.25, 0.3) is 0 Å². The van der Waals surface area contributed by atoms with E-state index < -0.39 is 10.0 Å². The number of ether oxygens (including phenoxy) is 1. The molecule has 27 heavy (non-hydrogen) atoms. The van der Waals surface area contributed by atoms with E-state index in [-0.39, 0.29) is 11.4 Å². The molecule has 0 atom stereocenters. The molecular weight excluding hydrogens is 362 g/mol. The summed E-state index contributed by atoms with van der Waals surface area (Å²) >= 11 is 0. The number of likely N-dealkylation sites (tertiary alicyclic amines) is 1. The summed E-state index contributed by atoms with van der Waals surface area (Å²) < 4.78 is 33.5. The molecule has 0 amide bonds. The van der Waals surface area contributed by atoms with Crippen LogP contribution < -0.4 is 15.2 Å². The van der Waals surface area contributed by atoms with Crippen LogP contribution in [0.15, 0.2) is 53.4 Å². The number of nitrogens with zero attached hydrogens (tertiary/aromatic N) is 1. The number of nitrogen functional groups attached to an aromatic ring is 1. The van der Waals surface area contributed by atoms with E-state index in [1.54, 1.807) is 12.1 Å². The zero-order chi connectivity index (χ0) is 19.1. The molecule has 6 nitrogen and oxygen atoms in total. The SMILES string of the molecule is Nc1ccc(S(=O)(=O)NCc2ccccc2OCCN2CCCCC2)cc1. The number of rotatable bonds is 8. The van der Waals surface area contributed by atoms with Crippen molar-refractivity contribution >= 4 is 15.7 Å². The van der Waals surface area contributed by atoms with Crippen molar-refractivity contribution in [3.63, 3.8) is 0 Å². The molecule has 1 aliphatic heterocycles. The smallest absolute Gasteiger partial charge is 0.240 e. The zero-order valence-electron chi connectivity index (χ0n) is 15.4. The van der Waals surface area contributed by atoms with Gasteiger partial charge in [-0.1, -0.05) is 24.6 Å². The van der Waals surface area contributed by atoms with Gasteiger partial charge in [-0.3, -0.25) is 4.90 Å². The van der Waals surface area contributed by atoms with E-state index in [9.17, 15) is 8.42 Å². The van der Waals surface area contributed by atoms with Crippen molar-refractivity contribution < 1.29 is 13.2 Å². The van der Waals surface area contributed by atoms with Crippen LogP contribution in [0.3, 0.4) is 0 Å². The normalized spacial score (nSPS) is 15.6. The van der Waals surface area contributed by atoms with Gasteiger partial charge >= 0.3 is 0 Å². The molecule has 2 aromatic rings. The number of nitrogens with two attached hydrogens (primary N) is 1. The lowest BCUT2D eigenvalue weighted by Crippen LogP contribution is -2.33. The van der Waals surface area contributed by atoms with Gasteiger partial charge in [0.05, 0.1) is 4.90 Å². The highest BCUT2D eigenvalue weighted by molar-refractivity contribution is 7.89. The molecule has 0 bridgehead atoms. The van der Waals surface area contributed by atoms with Gasteiger partial charge in [-0.15, -0.1) is 0 Å².